The molecule has 0 unspecified atom stereocenters. The fraction of sp³-hybridized carbons (Fsp3) is 0.0625. The summed E-state index contributed by atoms with van der Waals surface area (Å²) >= 11 is 1.81. The van der Waals surface area contributed by atoms with Crippen LogP contribution in [0.15, 0.2) is 186 Å². The van der Waals surface area contributed by atoms with Crippen LogP contribution in [0.4, 0.5) is 34.1 Å². The first-order valence-corrected chi connectivity index (χ1v) is 19.0. The summed E-state index contributed by atoms with van der Waals surface area (Å²) in [4.78, 5) is 22.6. The SMILES string of the molecule is CC1(C)c2ccccc2N(c2cc(-c3nc(-c4ccccc4)nc(-c4ccccc4)n3)cc(N3c4ccccc4Sc4ccccc43)c2)c2ccccc21. The van der Waals surface area contributed by atoms with Crippen molar-refractivity contribution in [3.63, 3.8) is 0 Å². The van der Waals surface area contributed by atoms with Crippen LogP contribution in [-0.2, 0) is 5.41 Å². The van der Waals surface area contributed by atoms with E-state index >= 15 is 0 Å². The van der Waals surface area contributed by atoms with E-state index in [0.717, 1.165) is 50.8 Å². The second kappa shape index (κ2) is 12.9. The van der Waals surface area contributed by atoms with Gasteiger partial charge in [0.1, 0.15) is 0 Å². The predicted octanol–water partition coefficient (Wildman–Crippen LogP) is 12.9. The summed E-state index contributed by atoms with van der Waals surface area (Å²) in [5.74, 6) is 1.87. The lowest BCUT2D eigenvalue weighted by molar-refractivity contribution is 0.632. The van der Waals surface area contributed by atoms with E-state index in [1.54, 1.807) is 0 Å². The number of benzene rings is 7. The van der Waals surface area contributed by atoms with E-state index < -0.39 is 0 Å². The highest BCUT2D eigenvalue weighted by atomic mass is 32.2. The molecule has 258 valence electrons. The first-order valence-electron chi connectivity index (χ1n) is 18.2. The lowest BCUT2D eigenvalue weighted by atomic mass is 9.73. The third-order valence-corrected chi connectivity index (χ3v) is 11.6. The van der Waals surface area contributed by atoms with E-state index in [1.165, 1.54) is 20.9 Å². The highest BCUT2D eigenvalue weighted by Gasteiger charge is 2.37. The standard InChI is InChI=1S/C48H35N5S/c1-48(2)37-21-9-11-23-39(37)52(40-24-12-10-22-38(40)48)35-29-34(30-36(31-35)53-41-25-13-15-27-43(41)54-44-28-16-14-26-42(44)53)47-50-45(32-17-5-3-6-18-32)49-46(51-47)33-19-7-4-8-20-33/h3-31H,1-2H3. The minimum Gasteiger partial charge on any atom is -0.310 e. The molecular formula is C48H35N5S. The maximum atomic E-state index is 5.21. The van der Waals surface area contributed by atoms with Gasteiger partial charge in [-0.15, -0.1) is 0 Å². The molecule has 0 N–H and O–H groups in total. The summed E-state index contributed by atoms with van der Waals surface area (Å²) in [6, 6.07) is 62.0. The van der Waals surface area contributed by atoms with Gasteiger partial charge in [0.25, 0.3) is 0 Å². The van der Waals surface area contributed by atoms with Gasteiger partial charge in [0, 0.05) is 43.3 Å². The summed E-state index contributed by atoms with van der Waals surface area (Å²) in [5, 5.41) is 0. The van der Waals surface area contributed by atoms with Gasteiger partial charge in [-0.3, -0.25) is 0 Å². The molecule has 8 aromatic rings. The molecule has 0 radical (unpaired) electrons. The molecule has 2 aliphatic heterocycles. The van der Waals surface area contributed by atoms with Gasteiger partial charge in [-0.25, -0.2) is 15.0 Å². The van der Waals surface area contributed by atoms with Crippen molar-refractivity contribution in [1.82, 2.24) is 15.0 Å². The van der Waals surface area contributed by atoms with Crippen LogP contribution in [0, 0.1) is 0 Å². The summed E-state index contributed by atoms with van der Waals surface area (Å²) in [5.41, 5.74) is 11.8. The maximum Gasteiger partial charge on any atom is 0.164 e. The normalized spacial score (nSPS) is 13.7. The Morgan fingerprint density at radius 3 is 1.24 bits per heavy atom. The van der Waals surface area contributed by atoms with Gasteiger partial charge in [0.2, 0.25) is 0 Å². The Kier molecular flexibility index (Phi) is 7.67. The average molecular weight is 714 g/mol. The first-order chi connectivity index (χ1) is 26.5. The molecule has 0 fully saturated rings. The molecule has 0 saturated heterocycles. The van der Waals surface area contributed by atoms with Crippen molar-refractivity contribution in [2.45, 2.75) is 29.1 Å². The van der Waals surface area contributed by atoms with Crippen molar-refractivity contribution in [3.05, 3.63) is 187 Å². The van der Waals surface area contributed by atoms with Gasteiger partial charge >= 0.3 is 0 Å². The zero-order valence-corrected chi connectivity index (χ0v) is 30.7. The molecule has 10 rings (SSSR count). The molecule has 3 heterocycles. The summed E-state index contributed by atoms with van der Waals surface area (Å²) < 4.78 is 0. The van der Waals surface area contributed by atoms with E-state index in [2.05, 4.69) is 163 Å². The zero-order valence-electron chi connectivity index (χ0n) is 29.9. The number of aromatic nitrogens is 3. The van der Waals surface area contributed by atoms with Gasteiger partial charge in [0.15, 0.2) is 17.5 Å². The smallest absolute Gasteiger partial charge is 0.164 e. The Morgan fingerprint density at radius 1 is 0.389 bits per heavy atom. The molecule has 0 amide bonds. The number of para-hydroxylation sites is 4. The van der Waals surface area contributed by atoms with Gasteiger partial charge < -0.3 is 9.80 Å². The van der Waals surface area contributed by atoms with Gasteiger partial charge in [-0.1, -0.05) is 147 Å². The Morgan fingerprint density at radius 2 is 0.759 bits per heavy atom. The topological polar surface area (TPSA) is 45.2 Å². The molecule has 0 bridgehead atoms. The van der Waals surface area contributed by atoms with Gasteiger partial charge in [-0.2, -0.15) is 0 Å². The van der Waals surface area contributed by atoms with Crippen LogP contribution in [0.5, 0.6) is 0 Å². The van der Waals surface area contributed by atoms with Gasteiger partial charge in [0.05, 0.1) is 22.7 Å². The van der Waals surface area contributed by atoms with E-state index in [4.69, 9.17) is 15.0 Å². The van der Waals surface area contributed by atoms with Gasteiger partial charge in [-0.05, 0) is 65.7 Å². The molecule has 6 heteroatoms. The van der Waals surface area contributed by atoms with Crippen molar-refractivity contribution in [3.8, 4) is 34.2 Å². The quantitative estimate of drug-likeness (QED) is 0.177. The summed E-state index contributed by atoms with van der Waals surface area (Å²) in [6.07, 6.45) is 0. The molecule has 0 aliphatic carbocycles. The van der Waals surface area contributed by atoms with Crippen LogP contribution in [0.3, 0.4) is 0 Å². The van der Waals surface area contributed by atoms with Crippen LogP contribution < -0.4 is 9.80 Å². The van der Waals surface area contributed by atoms with E-state index in [-0.39, 0.29) is 5.41 Å². The molecule has 7 aromatic carbocycles. The maximum absolute atomic E-state index is 5.21. The van der Waals surface area contributed by atoms with Crippen LogP contribution >= 0.6 is 11.8 Å². The van der Waals surface area contributed by atoms with E-state index in [1.807, 2.05) is 48.2 Å². The second-order valence-electron chi connectivity index (χ2n) is 14.1. The third-order valence-electron chi connectivity index (χ3n) is 10.4. The summed E-state index contributed by atoms with van der Waals surface area (Å²) in [6.45, 7) is 4.65. The second-order valence-corrected chi connectivity index (χ2v) is 15.2. The third kappa shape index (κ3) is 5.37. The number of rotatable bonds is 5. The number of anilines is 6. The Bertz CT molecular complexity index is 2540. The number of fused-ring (bicyclic) bond motifs is 4. The largest absolute Gasteiger partial charge is 0.310 e. The van der Waals surface area contributed by atoms with E-state index in [9.17, 15) is 0 Å². The zero-order chi connectivity index (χ0) is 36.2. The van der Waals surface area contributed by atoms with Crippen LogP contribution in [0.1, 0.15) is 25.0 Å². The van der Waals surface area contributed by atoms with Crippen LogP contribution in [-0.4, -0.2) is 15.0 Å². The predicted molar refractivity (Wildman–Crippen MR) is 222 cm³/mol. The van der Waals surface area contributed by atoms with Crippen molar-refractivity contribution < 1.29 is 0 Å². The molecule has 0 saturated carbocycles. The average Bonchev–Trinajstić information content (AvgIpc) is 3.23. The molecule has 54 heavy (non-hydrogen) atoms. The Labute approximate surface area is 319 Å². The molecule has 2 aliphatic rings. The highest BCUT2D eigenvalue weighted by Crippen LogP contribution is 2.55. The van der Waals surface area contributed by atoms with Crippen LogP contribution in [0.2, 0.25) is 0 Å². The molecule has 0 atom stereocenters. The van der Waals surface area contributed by atoms with Crippen LogP contribution in [0.25, 0.3) is 34.2 Å². The molecule has 0 spiro atoms. The first kappa shape index (κ1) is 32.2. The Hall–Kier alpha value is -6.50. The molecular weight excluding hydrogens is 679 g/mol. The van der Waals surface area contributed by atoms with Crippen molar-refractivity contribution >= 4 is 45.9 Å². The van der Waals surface area contributed by atoms with Crippen molar-refractivity contribution in [2.75, 3.05) is 9.80 Å². The lowest BCUT2D eigenvalue weighted by Crippen LogP contribution is -2.30. The summed E-state index contributed by atoms with van der Waals surface area (Å²) in [7, 11) is 0. The van der Waals surface area contributed by atoms with Crippen molar-refractivity contribution in [1.29, 1.82) is 0 Å². The highest BCUT2D eigenvalue weighted by molar-refractivity contribution is 7.99. The minimum absolute atomic E-state index is 0.185. The number of nitrogens with zero attached hydrogens (tertiary/aromatic N) is 5. The number of hydrogen-bond donors (Lipinski definition) is 0. The fourth-order valence-corrected chi connectivity index (χ4v) is 8.91. The molecule has 1 aromatic heterocycles. The monoisotopic (exact) mass is 713 g/mol. The Balaban J connectivity index is 1.27. The molecule has 5 nitrogen and oxygen atoms in total. The van der Waals surface area contributed by atoms with E-state index in [0.29, 0.717) is 17.5 Å². The number of hydrogen-bond acceptors (Lipinski definition) is 6. The minimum atomic E-state index is -0.185. The lowest BCUT2D eigenvalue weighted by Gasteiger charge is -2.42. The fourth-order valence-electron chi connectivity index (χ4n) is 7.85. The van der Waals surface area contributed by atoms with Crippen molar-refractivity contribution in [2.24, 2.45) is 0 Å².